The number of nitrogens with zero attached hydrogens (tertiary/aromatic N) is 2. The van der Waals surface area contributed by atoms with E-state index in [1.807, 2.05) is 0 Å². The van der Waals surface area contributed by atoms with E-state index < -0.39 is 10.0 Å². The van der Waals surface area contributed by atoms with Crippen LogP contribution < -0.4 is 4.72 Å². The van der Waals surface area contributed by atoms with Crippen LogP contribution in [0.4, 0.5) is 0 Å². The van der Waals surface area contributed by atoms with E-state index in [4.69, 9.17) is 9.47 Å². The Balaban J connectivity index is 2.19. The van der Waals surface area contributed by atoms with Crippen LogP contribution in [0.1, 0.15) is 13.3 Å². The van der Waals surface area contributed by atoms with Gasteiger partial charge in [0.25, 0.3) is 0 Å². The first-order chi connectivity index (χ1) is 11.4. The van der Waals surface area contributed by atoms with E-state index in [1.165, 1.54) is 6.92 Å². The molecule has 1 N–H and O–H groups in total. The lowest BCUT2D eigenvalue weighted by molar-refractivity contribution is -0.138. The van der Waals surface area contributed by atoms with Crippen molar-refractivity contribution in [3.8, 4) is 0 Å². The SMILES string of the molecule is COCCOCCS(=O)(=O)NCCC(=O)N1CCN(C(C)=O)CC1. The number of hydrogen-bond acceptors (Lipinski definition) is 6. The van der Waals surface area contributed by atoms with Crippen LogP contribution in [0, 0.1) is 0 Å². The van der Waals surface area contributed by atoms with Crippen molar-refractivity contribution in [2.24, 2.45) is 0 Å². The number of ether oxygens (including phenoxy) is 2. The van der Waals surface area contributed by atoms with Crippen molar-refractivity contribution in [2.75, 3.05) is 65.4 Å². The second-order valence-corrected chi connectivity index (χ2v) is 7.38. The van der Waals surface area contributed by atoms with Crippen LogP contribution >= 0.6 is 0 Å². The number of hydrogen-bond donors (Lipinski definition) is 1. The maximum atomic E-state index is 12.0. The molecule has 1 rings (SSSR count). The van der Waals surface area contributed by atoms with Gasteiger partial charge in [-0.3, -0.25) is 9.59 Å². The summed E-state index contributed by atoms with van der Waals surface area (Å²) in [6.07, 6.45) is 0.101. The molecule has 1 heterocycles. The Hall–Kier alpha value is -1.23. The summed E-state index contributed by atoms with van der Waals surface area (Å²) in [5.74, 6) is -0.262. The van der Waals surface area contributed by atoms with E-state index in [0.717, 1.165) is 0 Å². The number of piperazine rings is 1. The van der Waals surface area contributed by atoms with Crippen LogP contribution in [0.5, 0.6) is 0 Å². The molecular weight excluding hydrogens is 338 g/mol. The van der Waals surface area contributed by atoms with E-state index in [9.17, 15) is 18.0 Å². The molecule has 0 aromatic heterocycles. The van der Waals surface area contributed by atoms with Crippen LogP contribution in [0.3, 0.4) is 0 Å². The van der Waals surface area contributed by atoms with Gasteiger partial charge in [0.2, 0.25) is 21.8 Å². The topological polar surface area (TPSA) is 105 Å². The summed E-state index contributed by atoms with van der Waals surface area (Å²) >= 11 is 0. The quantitative estimate of drug-likeness (QED) is 0.480. The smallest absolute Gasteiger partial charge is 0.224 e. The van der Waals surface area contributed by atoms with Crippen molar-refractivity contribution in [1.29, 1.82) is 0 Å². The monoisotopic (exact) mass is 365 g/mol. The van der Waals surface area contributed by atoms with Crippen molar-refractivity contribution in [3.05, 3.63) is 0 Å². The largest absolute Gasteiger partial charge is 0.382 e. The molecule has 0 bridgehead atoms. The van der Waals surface area contributed by atoms with Gasteiger partial charge in [-0.05, 0) is 0 Å². The van der Waals surface area contributed by atoms with E-state index in [2.05, 4.69) is 4.72 Å². The van der Waals surface area contributed by atoms with Gasteiger partial charge in [-0.15, -0.1) is 0 Å². The van der Waals surface area contributed by atoms with Gasteiger partial charge in [0.15, 0.2) is 0 Å². The summed E-state index contributed by atoms with van der Waals surface area (Å²) in [5.41, 5.74) is 0. The van der Waals surface area contributed by atoms with Crippen LogP contribution in [0.2, 0.25) is 0 Å². The van der Waals surface area contributed by atoms with Gasteiger partial charge in [0, 0.05) is 53.2 Å². The third kappa shape index (κ3) is 8.04. The molecule has 1 fully saturated rings. The molecule has 9 nitrogen and oxygen atoms in total. The van der Waals surface area contributed by atoms with Gasteiger partial charge < -0.3 is 19.3 Å². The highest BCUT2D eigenvalue weighted by atomic mass is 32.2. The molecule has 24 heavy (non-hydrogen) atoms. The molecule has 0 radical (unpaired) electrons. The molecule has 0 spiro atoms. The molecule has 0 aromatic rings. The van der Waals surface area contributed by atoms with E-state index >= 15 is 0 Å². The molecule has 140 valence electrons. The van der Waals surface area contributed by atoms with Crippen molar-refractivity contribution in [3.63, 3.8) is 0 Å². The molecule has 0 aliphatic carbocycles. The van der Waals surface area contributed by atoms with Gasteiger partial charge >= 0.3 is 0 Å². The third-order valence-electron chi connectivity index (χ3n) is 3.67. The number of carbonyl (C=O) groups is 2. The average molecular weight is 365 g/mol. The minimum atomic E-state index is -3.45. The first-order valence-corrected chi connectivity index (χ1v) is 9.58. The van der Waals surface area contributed by atoms with Crippen LogP contribution in [0.15, 0.2) is 0 Å². The minimum absolute atomic E-state index is 0.00239. The van der Waals surface area contributed by atoms with Gasteiger partial charge in [0.05, 0.1) is 25.6 Å². The van der Waals surface area contributed by atoms with Crippen molar-refractivity contribution < 1.29 is 27.5 Å². The molecule has 0 saturated carbocycles. The fourth-order valence-corrected chi connectivity index (χ4v) is 3.12. The zero-order valence-corrected chi connectivity index (χ0v) is 15.1. The maximum Gasteiger partial charge on any atom is 0.224 e. The lowest BCUT2D eigenvalue weighted by Gasteiger charge is -2.34. The Morgan fingerprint density at radius 2 is 1.67 bits per heavy atom. The molecule has 1 aliphatic rings. The standard InChI is InChI=1S/C14H27N3O6S/c1-13(18)16-5-7-17(8-6-16)14(19)3-4-15-24(20,21)12-11-23-10-9-22-2/h15H,3-12H2,1-2H3. The first-order valence-electron chi connectivity index (χ1n) is 7.93. The average Bonchev–Trinajstić information content (AvgIpc) is 2.54. The van der Waals surface area contributed by atoms with Gasteiger partial charge in [-0.25, -0.2) is 13.1 Å². The summed E-state index contributed by atoms with van der Waals surface area (Å²) in [4.78, 5) is 26.6. The second kappa shape index (κ2) is 10.6. The molecular formula is C14H27N3O6S. The zero-order valence-electron chi connectivity index (χ0n) is 14.3. The van der Waals surface area contributed by atoms with Crippen molar-refractivity contribution in [1.82, 2.24) is 14.5 Å². The van der Waals surface area contributed by atoms with Crippen molar-refractivity contribution in [2.45, 2.75) is 13.3 Å². The summed E-state index contributed by atoms with van der Waals surface area (Å²) < 4.78 is 35.8. The Morgan fingerprint density at radius 1 is 1.04 bits per heavy atom. The Bertz CT molecular complexity index is 503. The molecule has 0 atom stereocenters. The van der Waals surface area contributed by atoms with E-state index in [0.29, 0.717) is 39.4 Å². The van der Waals surface area contributed by atoms with Crippen LogP contribution in [0.25, 0.3) is 0 Å². The van der Waals surface area contributed by atoms with Crippen LogP contribution in [-0.4, -0.2) is 95.4 Å². The number of carbonyl (C=O) groups excluding carboxylic acids is 2. The highest BCUT2D eigenvalue weighted by Crippen LogP contribution is 2.04. The predicted octanol–water partition coefficient (Wildman–Crippen LogP) is -1.35. The van der Waals surface area contributed by atoms with E-state index in [-0.39, 0.29) is 37.1 Å². The number of amides is 2. The molecule has 2 amide bonds. The molecule has 10 heteroatoms. The Morgan fingerprint density at radius 3 is 2.25 bits per heavy atom. The molecule has 1 aliphatic heterocycles. The van der Waals surface area contributed by atoms with Gasteiger partial charge in [0.1, 0.15) is 0 Å². The van der Waals surface area contributed by atoms with Gasteiger partial charge in [-0.2, -0.15) is 0 Å². The number of sulfonamides is 1. The predicted molar refractivity (Wildman–Crippen MR) is 87.9 cm³/mol. The first kappa shape index (κ1) is 20.8. The lowest BCUT2D eigenvalue weighted by atomic mass is 10.3. The van der Waals surface area contributed by atoms with Gasteiger partial charge in [-0.1, -0.05) is 0 Å². The van der Waals surface area contributed by atoms with Crippen LogP contribution in [-0.2, 0) is 29.1 Å². The minimum Gasteiger partial charge on any atom is -0.382 e. The highest BCUT2D eigenvalue weighted by molar-refractivity contribution is 7.89. The fourth-order valence-electron chi connectivity index (χ4n) is 2.23. The van der Waals surface area contributed by atoms with E-state index in [1.54, 1.807) is 16.9 Å². The zero-order chi connectivity index (χ0) is 18.0. The second-order valence-electron chi connectivity index (χ2n) is 5.46. The molecule has 0 unspecified atom stereocenters. The summed E-state index contributed by atoms with van der Waals surface area (Å²) in [5, 5.41) is 0. The Kier molecular flexibility index (Phi) is 9.19. The normalized spacial score (nSPS) is 15.6. The summed E-state index contributed by atoms with van der Waals surface area (Å²) in [6.45, 7) is 4.42. The Labute approximate surface area is 143 Å². The number of methoxy groups -OCH3 is 1. The van der Waals surface area contributed by atoms with Crippen molar-refractivity contribution >= 4 is 21.8 Å². The number of rotatable bonds is 10. The lowest BCUT2D eigenvalue weighted by Crippen LogP contribution is -2.50. The fraction of sp³-hybridized carbons (Fsp3) is 0.857. The third-order valence-corrected chi connectivity index (χ3v) is 5.01. The molecule has 1 saturated heterocycles. The summed E-state index contributed by atoms with van der Waals surface area (Å²) in [7, 11) is -1.91. The number of nitrogens with one attached hydrogen (secondary N) is 1. The molecule has 0 aromatic carbocycles. The highest BCUT2D eigenvalue weighted by Gasteiger charge is 2.22. The maximum absolute atomic E-state index is 12.0. The summed E-state index contributed by atoms with van der Waals surface area (Å²) in [6, 6.07) is 0.